The molecule has 0 amide bonds. The summed E-state index contributed by atoms with van der Waals surface area (Å²) in [6.07, 6.45) is 0.0755. The van der Waals surface area contributed by atoms with Gasteiger partial charge in [-0.2, -0.15) is 0 Å². The highest BCUT2D eigenvalue weighted by Gasteiger charge is 2.29. The van der Waals surface area contributed by atoms with Crippen molar-refractivity contribution in [2.24, 2.45) is 0 Å². The van der Waals surface area contributed by atoms with Crippen molar-refractivity contribution in [3.05, 3.63) is 35.9 Å². The number of thioether (sulfide) groups is 1. The van der Waals surface area contributed by atoms with Gasteiger partial charge in [0, 0.05) is 11.2 Å². The van der Waals surface area contributed by atoms with Gasteiger partial charge in [0.25, 0.3) is 0 Å². The van der Waals surface area contributed by atoms with Crippen LogP contribution in [0.4, 0.5) is 0 Å². The molecular formula is C19H32O3SSi. The zero-order valence-corrected chi connectivity index (χ0v) is 17.9. The highest BCUT2D eigenvalue weighted by atomic mass is 32.2. The molecule has 136 valence electrons. The summed E-state index contributed by atoms with van der Waals surface area (Å²) < 4.78 is 12.2. The Kier molecular flexibility index (Phi) is 8.19. The number of carbonyl (C=O) groups is 1. The van der Waals surface area contributed by atoms with Crippen LogP contribution in [0.25, 0.3) is 0 Å². The van der Waals surface area contributed by atoms with Crippen LogP contribution >= 0.6 is 11.8 Å². The van der Waals surface area contributed by atoms with Crippen molar-refractivity contribution in [2.45, 2.75) is 77.3 Å². The molecule has 0 aromatic heterocycles. The van der Waals surface area contributed by atoms with Gasteiger partial charge in [0.1, 0.15) is 0 Å². The summed E-state index contributed by atoms with van der Waals surface area (Å²) in [6, 6.07) is 10.1. The molecule has 1 rings (SSSR count). The topological polar surface area (TPSA) is 35.5 Å². The van der Waals surface area contributed by atoms with E-state index in [1.54, 1.807) is 0 Å². The van der Waals surface area contributed by atoms with Crippen LogP contribution in [0.3, 0.4) is 0 Å². The lowest BCUT2D eigenvalue weighted by atomic mass is 10.1. The second kappa shape index (κ2) is 9.18. The van der Waals surface area contributed by atoms with Gasteiger partial charge in [-0.15, -0.1) is 0 Å². The van der Waals surface area contributed by atoms with E-state index in [1.165, 1.54) is 11.8 Å². The van der Waals surface area contributed by atoms with Gasteiger partial charge < -0.3 is 9.16 Å². The van der Waals surface area contributed by atoms with E-state index in [9.17, 15) is 4.79 Å². The average molecular weight is 369 g/mol. The largest absolute Gasteiger partial charge is 0.412 e. The highest BCUT2D eigenvalue weighted by Crippen LogP contribution is 2.27. The van der Waals surface area contributed by atoms with Gasteiger partial charge in [0.15, 0.2) is 13.4 Å². The van der Waals surface area contributed by atoms with Crippen molar-refractivity contribution < 1.29 is 14.0 Å². The molecule has 0 aliphatic rings. The minimum Gasteiger partial charge on any atom is -0.412 e. The summed E-state index contributed by atoms with van der Waals surface area (Å²) in [5.74, 6) is 0. The molecule has 0 bridgehead atoms. The molecule has 0 radical (unpaired) electrons. The maximum Gasteiger partial charge on any atom is 0.192 e. The quantitative estimate of drug-likeness (QED) is 0.586. The van der Waals surface area contributed by atoms with Gasteiger partial charge >= 0.3 is 0 Å². The molecule has 0 unspecified atom stereocenters. The molecule has 0 fully saturated rings. The molecule has 0 heterocycles. The Morgan fingerprint density at radius 3 is 2.25 bits per heavy atom. The van der Waals surface area contributed by atoms with Crippen LogP contribution in [0.15, 0.2) is 30.3 Å². The fourth-order valence-corrected chi connectivity index (χ4v) is 4.33. The zero-order chi connectivity index (χ0) is 18.4. The van der Waals surface area contributed by atoms with Crippen molar-refractivity contribution >= 4 is 25.2 Å². The van der Waals surface area contributed by atoms with Gasteiger partial charge in [-0.3, -0.25) is 4.79 Å². The molecule has 2 atom stereocenters. The van der Waals surface area contributed by atoms with Crippen LogP contribution in [-0.4, -0.2) is 30.4 Å². The van der Waals surface area contributed by atoms with E-state index in [2.05, 4.69) is 40.4 Å². The third-order valence-electron chi connectivity index (χ3n) is 3.17. The number of hydrogen-bond acceptors (Lipinski definition) is 4. The van der Waals surface area contributed by atoms with Crippen LogP contribution in [-0.2, 0) is 20.6 Å². The van der Waals surface area contributed by atoms with Gasteiger partial charge in [-0.25, -0.2) is 0 Å². The predicted molar refractivity (Wildman–Crippen MR) is 106 cm³/mol. The van der Waals surface area contributed by atoms with Crippen LogP contribution in [0, 0.1) is 0 Å². The van der Waals surface area contributed by atoms with Gasteiger partial charge in [0.2, 0.25) is 0 Å². The Morgan fingerprint density at radius 1 is 1.17 bits per heavy atom. The van der Waals surface area contributed by atoms with Gasteiger partial charge in [0.05, 0.1) is 18.8 Å². The zero-order valence-electron chi connectivity index (χ0n) is 16.1. The van der Waals surface area contributed by atoms with E-state index in [1.807, 2.05) is 37.3 Å². The van der Waals surface area contributed by atoms with E-state index in [0.29, 0.717) is 13.0 Å². The summed E-state index contributed by atoms with van der Waals surface area (Å²) in [7, 11) is -1.76. The second-order valence-electron chi connectivity index (χ2n) is 8.06. The number of ether oxygens (including phenoxy) is 1. The van der Waals surface area contributed by atoms with Gasteiger partial charge in [-0.1, -0.05) is 62.9 Å². The van der Waals surface area contributed by atoms with E-state index >= 15 is 0 Å². The Morgan fingerprint density at radius 2 is 1.75 bits per heavy atom. The molecule has 3 nitrogen and oxygen atoms in total. The number of rotatable bonds is 8. The molecule has 1 aromatic rings. The van der Waals surface area contributed by atoms with Gasteiger partial charge in [-0.05, 0) is 32.1 Å². The Labute approximate surface area is 152 Å². The fraction of sp³-hybridized carbons (Fsp3) is 0.632. The minimum atomic E-state index is -1.76. The first kappa shape index (κ1) is 21.4. The van der Waals surface area contributed by atoms with Crippen molar-refractivity contribution in [3.63, 3.8) is 0 Å². The number of hydrogen-bond donors (Lipinski definition) is 0. The molecular weight excluding hydrogens is 336 g/mol. The van der Waals surface area contributed by atoms with Crippen LogP contribution in [0.2, 0.25) is 19.6 Å². The molecule has 0 aliphatic carbocycles. The summed E-state index contributed by atoms with van der Waals surface area (Å²) in [5.41, 5.74) is 1.13. The fourth-order valence-electron chi connectivity index (χ4n) is 2.21. The Bertz CT molecular complexity index is 506. The molecule has 24 heavy (non-hydrogen) atoms. The molecule has 0 N–H and O–H groups in total. The summed E-state index contributed by atoms with van der Waals surface area (Å²) >= 11 is 1.38. The normalized spacial score (nSPS) is 15.1. The molecule has 0 saturated heterocycles. The molecule has 1 aromatic carbocycles. The lowest BCUT2D eigenvalue weighted by Gasteiger charge is -2.31. The maximum absolute atomic E-state index is 12.4. The van der Waals surface area contributed by atoms with E-state index in [-0.39, 0.29) is 22.1 Å². The lowest BCUT2D eigenvalue weighted by Crippen LogP contribution is -2.40. The van der Waals surface area contributed by atoms with Crippen LogP contribution in [0.1, 0.15) is 39.7 Å². The molecule has 0 aliphatic heterocycles. The SMILES string of the molecule is C[C@@H](OCc1ccccc1)[C@H](CC(=O)SC(C)(C)C)O[Si](C)(C)C. The summed E-state index contributed by atoms with van der Waals surface area (Å²) in [4.78, 5) is 12.4. The highest BCUT2D eigenvalue weighted by molar-refractivity contribution is 8.14. The average Bonchev–Trinajstić information content (AvgIpc) is 2.41. The second-order valence-corrected chi connectivity index (χ2v) is 14.4. The van der Waals surface area contributed by atoms with E-state index in [4.69, 9.17) is 9.16 Å². The number of carbonyl (C=O) groups excluding carboxylic acids is 1. The van der Waals surface area contributed by atoms with Crippen LogP contribution < -0.4 is 0 Å². The standard InChI is InChI=1S/C19H32O3SSi/c1-15(21-14-16-11-9-8-10-12-16)17(22-24(5,6)7)13-18(20)23-19(2,3)4/h8-12,15,17H,13-14H2,1-7H3/t15-,17+/m1/s1. The first-order chi connectivity index (χ1) is 11.0. The smallest absolute Gasteiger partial charge is 0.192 e. The number of benzene rings is 1. The minimum absolute atomic E-state index is 0.0745. The third-order valence-corrected chi connectivity index (χ3v) is 5.19. The van der Waals surface area contributed by atoms with E-state index in [0.717, 1.165) is 5.56 Å². The first-order valence-electron chi connectivity index (χ1n) is 8.51. The van der Waals surface area contributed by atoms with Crippen molar-refractivity contribution in [1.29, 1.82) is 0 Å². The van der Waals surface area contributed by atoms with Crippen molar-refractivity contribution in [2.75, 3.05) is 0 Å². The lowest BCUT2D eigenvalue weighted by molar-refractivity contribution is -0.115. The van der Waals surface area contributed by atoms with Crippen LogP contribution in [0.5, 0.6) is 0 Å². The molecule has 0 saturated carbocycles. The Hall–Kier alpha value is -0.623. The third kappa shape index (κ3) is 9.62. The molecule has 0 spiro atoms. The van der Waals surface area contributed by atoms with Crippen molar-refractivity contribution in [3.8, 4) is 0 Å². The first-order valence-corrected chi connectivity index (χ1v) is 12.7. The maximum atomic E-state index is 12.4. The monoisotopic (exact) mass is 368 g/mol. The van der Waals surface area contributed by atoms with E-state index < -0.39 is 8.32 Å². The Balaban J connectivity index is 2.68. The molecule has 5 heteroatoms. The van der Waals surface area contributed by atoms with Crippen molar-refractivity contribution in [1.82, 2.24) is 0 Å². The summed E-state index contributed by atoms with van der Waals surface area (Å²) in [6.45, 7) is 15.1. The predicted octanol–water partition coefficient (Wildman–Crippen LogP) is 5.26. The summed E-state index contributed by atoms with van der Waals surface area (Å²) in [5, 5.41) is 0.168.